The fourth-order valence-corrected chi connectivity index (χ4v) is 8.09. The van der Waals surface area contributed by atoms with Crippen molar-refractivity contribution in [3.05, 3.63) is 40.2 Å². The normalized spacial score (nSPS) is 32.9. The summed E-state index contributed by atoms with van der Waals surface area (Å²) in [6.45, 7) is 2.96. The minimum atomic E-state index is -2.64. The Bertz CT molecular complexity index is 1410. The first-order valence-corrected chi connectivity index (χ1v) is 14.0. The van der Waals surface area contributed by atoms with Crippen LogP contribution in [0, 0.1) is 17.3 Å². The highest BCUT2D eigenvalue weighted by atomic mass is 16.5. The summed E-state index contributed by atoms with van der Waals surface area (Å²) in [5, 5.41) is 48.4. The molecule has 4 fully saturated rings. The molecule has 11 nitrogen and oxygen atoms in total. The lowest BCUT2D eigenvalue weighted by atomic mass is 9.57. The molecule has 6 aliphatic rings. The van der Waals surface area contributed by atoms with E-state index in [9.17, 15) is 34.8 Å². The number of fused-ring (bicyclic) bond motifs is 3. The summed E-state index contributed by atoms with van der Waals surface area (Å²) >= 11 is 0. The van der Waals surface area contributed by atoms with Crippen molar-refractivity contribution < 1.29 is 39.5 Å². The molecular formula is C29H33N3O8. The van der Waals surface area contributed by atoms with E-state index in [0.717, 1.165) is 44.5 Å². The molecule has 1 spiro atoms. The van der Waals surface area contributed by atoms with E-state index in [4.69, 9.17) is 10.5 Å². The van der Waals surface area contributed by atoms with Crippen molar-refractivity contribution in [2.45, 2.75) is 56.2 Å². The summed E-state index contributed by atoms with van der Waals surface area (Å²) in [6, 6.07) is 2.07. The molecule has 1 amide bonds. The van der Waals surface area contributed by atoms with Gasteiger partial charge in [0.05, 0.1) is 24.8 Å². The third-order valence-corrected chi connectivity index (χ3v) is 10.1. The molecule has 0 aromatic heterocycles. The van der Waals surface area contributed by atoms with Gasteiger partial charge in [-0.05, 0) is 62.1 Å². The number of ether oxygens (including phenoxy) is 1. The number of nitrogens with one attached hydrogen (secondary N) is 1. The van der Waals surface area contributed by atoms with E-state index >= 15 is 0 Å². The molecular weight excluding hydrogens is 518 g/mol. The van der Waals surface area contributed by atoms with Crippen molar-refractivity contribution in [2.75, 3.05) is 31.2 Å². The Balaban J connectivity index is 1.32. The Labute approximate surface area is 230 Å². The molecule has 2 aliphatic heterocycles. The summed E-state index contributed by atoms with van der Waals surface area (Å²) in [5.74, 6) is -6.39. The first kappa shape index (κ1) is 25.6. The van der Waals surface area contributed by atoms with Crippen LogP contribution in [0.25, 0.3) is 5.76 Å². The van der Waals surface area contributed by atoms with E-state index in [-0.39, 0.29) is 34.8 Å². The molecule has 212 valence electrons. The van der Waals surface area contributed by atoms with Crippen LogP contribution >= 0.6 is 0 Å². The lowest BCUT2D eigenvalue weighted by molar-refractivity contribution is -0.172. The molecule has 0 radical (unpaired) electrons. The minimum absolute atomic E-state index is 0.0707. The zero-order valence-electron chi connectivity index (χ0n) is 22.0. The van der Waals surface area contributed by atoms with E-state index in [1.807, 2.05) is 6.07 Å². The summed E-state index contributed by atoms with van der Waals surface area (Å²) in [4.78, 5) is 42.2. The maximum Gasteiger partial charge on any atom is 0.255 e. The van der Waals surface area contributed by atoms with Gasteiger partial charge in [-0.15, -0.1) is 0 Å². The Morgan fingerprint density at radius 1 is 1.10 bits per heavy atom. The van der Waals surface area contributed by atoms with Gasteiger partial charge >= 0.3 is 0 Å². The van der Waals surface area contributed by atoms with Crippen LogP contribution in [0.1, 0.15) is 43.2 Å². The minimum Gasteiger partial charge on any atom is -0.508 e. The van der Waals surface area contributed by atoms with Gasteiger partial charge in [0.2, 0.25) is 5.78 Å². The summed E-state index contributed by atoms with van der Waals surface area (Å²) in [6.07, 6.45) is 3.93. The highest BCUT2D eigenvalue weighted by Crippen LogP contribution is 2.54. The van der Waals surface area contributed by atoms with Crippen LogP contribution in [0.4, 0.5) is 5.69 Å². The SMILES string of the molecule is NC(=O)C1=C(O)[C@@]2(O)C(=O)C3=C(O)c4c(O)ccc(N5CCCC5)c4C[C@H]3C[C@H]2[C@@H](NC2CC3(COC3)C2)C1=O. The fraction of sp³-hybridized carbons (Fsp3) is 0.552. The molecule has 2 saturated heterocycles. The number of benzene rings is 1. The van der Waals surface area contributed by atoms with Gasteiger partial charge < -0.3 is 41.1 Å². The molecule has 40 heavy (non-hydrogen) atoms. The summed E-state index contributed by atoms with van der Waals surface area (Å²) in [7, 11) is 0. The van der Waals surface area contributed by atoms with Crippen LogP contribution < -0.4 is 16.0 Å². The number of Topliss-reactive ketones (excluding diaryl/α,β-unsaturated/α-hetero) is 2. The molecule has 7 rings (SSSR count). The number of hydrogen-bond acceptors (Lipinski definition) is 10. The average Bonchev–Trinajstić information content (AvgIpc) is 3.38. The fourth-order valence-electron chi connectivity index (χ4n) is 8.09. The number of nitrogens with zero attached hydrogens (tertiary/aromatic N) is 1. The third-order valence-electron chi connectivity index (χ3n) is 10.1. The van der Waals surface area contributed by atoms with Crippen LogP contribution in [0.5, 0.6) is 5.75 Å². The van der Waals surface area contributed by atoms with Crippen molar-refractivity contribution in [1.29, 1.82) is 0 Å². The average molecular weight is 552 g/mol. The number of phenols is 1. The Morgan fingerprint density at radius 3 is 2.42 bits per heavy atom. The molecule has 2 saturated carbocycles. The number of carbonyl (C=O) groups is 3. The van der Waals surface area contributed by atoms with Gasteiger partial charge in [-0.1, -0.05) is 0 Å². The molecule has 2 heterocycles. The van der Waals surface area contributed by atoms with E-state index in [1.165, 1.54) is 6.07 Å². The molecule has 1 aromatic rings. The molecule has 0 unspecified atom stereocenters. The second-order valence-corrected chi connectivity index (χ2v) is 12.4. The maximum absolute atomic E-state index is 14.1. The van der Waals surface area contributed by atoms with Crippen LogP contribution in [-0.4, -0.2) is 81.9 Å². The van der Waals surface area contributed by atoms with Gasteiger partial charge in [0.1, 0.15) is 22.8 Å². The van der Waals surface area contributed by atoms with Gasteiger partial charge in [0.15, 0.2) is 11.4 Å². The van der Waals surface area contributed by atoms with Crippen molar-refractivity contribution in [2.24, 2.45) is 23.0 Å². The van der Waals surface area contributed by atoms with Gasteiger partial charge in [0.25, 0.3) is 5.91 Å². The first-order chi connectivity index (χ1) is 19.1. The van der Waals surface area contributed by atoms with Crippen molar-refractivity contribution in [1.82, 2.24) is 5.32 Å². The number of aromatic hydroxyl groups is 1. The number of primary amides is 1. The number of nitrogens with two attached hydrogens (primary N) is 1. The van der Waals surface area contributed by atoms with E-state index in [0.29, 0.717) is 25.2 Å². The second-order valence-electron chi connectivity index (χ2n) is 12.4. The van der Waals surface area contributed by atoms with Gasteiger partial charge in [0, 0.05) is 41.7 Å². The van der Waals surface area contributed by atoms with E-state index < -0.39 is 58.0 Å². The molecule has 4 aliphatic carbocycles. The smallest absolute Gasteiger partial charge is 0.255 e. The first-order valence-electron chi connectivity index (χ1n) is 14.0. The zero-order chi connectivity index (χ0) is 28.1. The number of carbonyl (C=O) groups excluding carboxylic acids is 3. The molecule has 7 N–H and O–H groups in total. The number of ketones is 2. The molecule has 11 heteroatoms. The molecule has 1 aromatic carbocycles. The maximum atomic E-state index is 14.1. The standard InChI is InChI=1S/C29H33N3O8/c30-27(38)21-24(35)22(31-14-9-28(10-14)11-40-12-28)16-8-13-7-15-17(32-5-1-2-6-32)3-4-18(33)20(15)23(34)19(13)25(36)29(16,39)26(21)37/h3-4,13-14,16,22,31,33-34,37,39H,1-2,5-12H2,(H2,30,38)/t13-,16-,22+,29-/m0/s1. The number of phenolic OH excluding ortho intramolecular Hbond substituents is 1. The van der Waals surface area contributed by atoms with Gasteiger partial charge in [-0.2, -0.15) is 0 Å². The third kappa shape index (κ3) is 3.31. The second kappa shape index (κ2) is 8.55. The predicted octanol–water partition coefficient (Wildman–Crippen LogP) is 0.771. The quantitative estimate of drug-likeness (QED) is 0.292. The van der Waals surface area contributed by atoms with Crippen molar-refractivity contribution in [3.63, 3.8) is 0 Å². The van der Waals surface area contributed by atoms with E-state index in [1.54, 1.807) is 0 Å². The largest absolute Gasteiger partial charge is 0.508 e. The lowest BCUT2D eigenvalue weighted by Crippen LogP contribution is -2.69. The summed E-state index contributed by atoms with van der Waals surface area (Å²) in [5.41, 5.74) is 3.68. The lowest BCUT2D eigenvalue weighted by Gasteiger charge is -2.56. The number of aliphatic hydroxyl groups is 3. The molecule has 4 atom stereocenters. The number of hydrogen-bond donors (Lipinski definition) is 6. The predicted molar refractivity (Wildman–Crippen MR) is 141 cm³/mol. The zero-order valence-corrected chi connectivity index (χ0v) is 22.0. The van der Waals surface area contributed by atoms with Gasteiger partial charge in [-0.25, -0.2) is 0 Å². The monoisotopic (exact) mass is 551 g/mol. The Kier molecular flexibility index (Phi) is 5.46. The molecule has 0 bridgehead atoms. The number of rotatable bonds is 4. The van der Waals surface area contributed by atoms with Crippen molar-refractivity contribution in [3.8, 4) is 5.75 Å². The van der Waals surface area contributed by atoms with E-state index in [2.05, 4.69) is 10.2 Å². The number of aliphatic hydroxyl groups excluding tert-OH is 2. The topological polar surface area (TPSA) is 183 Å². The van der Waals surface area contributed by atoms with Gasteiger partial charge in [-0.3, -0.25) is 14.4 Å². The number of amides is 1. The van der Waals surface area contributed by atoms with Crippen LogP contribution in [0.15, 0.2) is 29.0 Å². The summed E-state index contributed by atoms with van der Waals surface area (Å²) < 4.78 is 5.34. The Morgan fingerprint density at radius 2 is 1.80 bits per heavy atom. The van der Waals surface area contributed by atoms with Crippen molar-refractivity contribution >= 4 is 28.9 Å². The van der Waals surface area contributed by atoms with Crippen LogP contribution in [0.3, 0.4) is 0 Å². The number of anilines is 1. The van der Waals surface area contributed by atoms with Crippen LogP contribution in [-0.2, 0) is 25.5 Å². The highest BCUT2D eigenvalue weighted by Gasteiger charge is 2.64. The highest BCUT2D eigenvalue weighted by molar-refractivity contribution is 6.24. The van der Waals surface area contributed by atoms with Crippen LogP contribution in [0.2, 0.25) is 0 Å². The Hall–Kier alpha value is -3.41.